The quantitative estimate of drug-likeness (QED) is 0.354. The molecule has 2 aromatic rings. The molecule has 3 aliphatic carbocycles. The molecule has 4 aliphatic rings. The largest absolute Gasteiger partial charge is 0.371 e. The monoisotopic (exact) mass is 620 g/mol. The summed E-state index contributed by atoms with van der Waals surface area (Å²) in [5.41, 5.74) is 1.94. The molecule has 226 valence electrons. The van der Waals surface area contributed by atoms with E-state index in [9.17, 15) is 30.4 Å². The van der Waals surface area contributed by atoms with E-state index in [4.69, 9.17) is 0 Å². The van der Waals surface area contributed by atoms with Crippen molar-refractivity contribution in [3.05, 3.63) is 59.7 Å². The molecule has 1 saturated heterocycles. The first-order chi connectivity index (χ1) is 19.8. The van der Waals surface area contributed by atoms with Gasteiger partial charge in [-0.25, -0.2) is 21.6 Å². The molecule has 0 bridgehead atoms. The Kier molecular flexibility index (Phi) is 7.13. The van der Waals surface area contributed by atoms with Gasteiger partial charge in [0.1, 0.15) is 0 Å². The van der Waals surface area contributed by atoms with E-state index >= 15 is 0 Å². The van der Waals surface area contributed by atoms with Crippen LogP contribution in [0.2, 0.25) is 0 Å². The van der Waals surface area contributed by atoms with Crippen LogP contribution in [0.3, 0.4) is 0 Å². The van der Waals surface area contributed by atoms with Crippen LogP contribution in [-0.4, -0.2) is 46.6 Å². The molecule has 1 heterocycles. The first-order valence-electron chi connectivity index (χ1n) is 14.2. The summed E-state index contributed by atoms with van der Waals surface area (Å²) in [5, 5.41) is 2.78. The fourth-order valence-corrected chi connectivity index (χ4v) is 8.27. The fraction of sp³-hybridized carbons (Fsp3) is 0.483. The van der Waals surface area contributed by atoms with Gasteiger partial charge >= 0.3 is 0 Å². The predicted octanol–water partition coefficient (Wildman–Crippen LogP) is 5.20. The molecule has 3 saturated carbocycles. The molecule has 0 aromatic heterocycles. The third kappa shape index (κ3) is 5.78. The van der Waals surface area contributed by atoms with E-state index in [-0.39, 0.29) is 29.0 Å². The van der Waals surface area contributed by atoms with E-state index < -0.39 is 42.8 Å². The van der Waals surface area contributed by atoms with Crippen LogP contribution in [0.25, 0.3) is 0 Å². The smallest absolute Gasteiger partial charge is 0.269 e. The summed E-state index contributed by atoms with van der Waals surface area (Å²) >= 11 is 0. The molecule has 0 atom stereocenters. The average molecular weight is 621 g/mol. The summed E-state index contributed by atoms with van der Waals surface area (Å²) in [6, 6.07) is 10.0. The van der Waals surface area contributed by atoms with Crippen LogP contribution in [0.4, 0.5) is 25.8 Å². The molecule has 42 heavy (non-hydrogen) atoms. The Labute approximate surface area is 244 Å². The Bertz CT molecular complexity index is 1660. The molecular formula is C29H34F2N4O5S2. The normalized spacial score (nSPS) is 22.3. The van der Waals surface area contributed by atoms with Gasteiger partial charge in [0.15, 0.2) is 0 Å². The number of nitrogens with zero attached hydrogens (tertiary/aromatic N) is 1. The minimum atomic E-state index is -4.00. The first-order valence-corrected chi connectivity index (χ1v) is 17.1. The summed E-state index contributed by atoms with van der Waals surface area (Å²) in [4.78, 5) is 15.6. The van der Waals surface area contributed by atoms with Crippen LogP contribution in [-0.2, 0) is 20.0 Å². The Morgan fingerprint density at radius 1 is 0.905 bits per heavy atom. The number of amides is 1. The number of piperidine rings is 1. The standard InChI is InChI=1S/C29H34F2N4O5S2/c1-28(7-8-28)42(39,40)34-21-5-6-24(25(18-21)35-13-11-29(9-10-29)12-14-35)27(36)32-20-3-2-4-23(17-20)41(37,38)33-22-15-19(16-22)26(30)31/h2-6,17-18,22,33-34H,7-16H2,1H3,(H,32,36). The average Bonchev–Trinajstić information content (AvgIpc) is 3.85. The Morgan fingerprint density at radius 2 is 1.60 bits per heavy atom. The van der Waals surface area contributed by atoms with Crippen LogP contribution in [0.1, 0.15) is 68.6 Å². The van der Waals surface area contributed by atoms with E-state index in [1.54, 1.807) is 31.2 Å². The predicted molar refractivity (Wildman–Crippen MR) is 157 cm³/mol. The third-order valence-corrected chi connectivity index (χ3v) is 12.9. The Hall–Kier alpha value is -3.03. The van der Waals surface area contributed by atoms with Crippen molar-refractivity contribution in [2.45, 2.75) is 74.0 Å². The lowest BCUT2D eigenvalue weighted by atomic mass is 9.88. The molecule has 0 unspecified atom stereocenters. The van der Waals surface area contributed by atoms with E-state index in [0.717, 1.165) is 25.9 Å². The lowest BCUT2D eigenvalue weighted by Gasteiger charge is -2.35. The van der Waals surface area contributed by atoms with E-state index in [0.29, 0.717) is 35.2 Å². The third-order valence-electron chi connectivity index (χ3n) is 9.20. The van der Waals surface area contributed by atoms with Crippen LogP contribution in [0, 0.1) is 5.41 Å². The number of carbonyl (C=O) groups excluding carboxylic acids is 1. The Balaban J connectivity index is 1.22. The van der Waals surface area contributed by atoms with Crippen molar-refractivity contribution >= 4 is 43.0 Å². The molecule has 1 aliphatic heterocycles. The van der Waals surface area contributed by atoms with Crippen molar-refractivity contribution in [3.63, 3.8) is 0 Å². The van der Waals surface area contributed by atoms with Gasteiger partial charge < -0.3 is 10.2 Å². The second-order valence-corrected chi connectivity index (χ2v) is 16.3. The highest BCUT2D eigenvalue weighted by Gasteiger charge is 2.50. The lowest BCUT2D eigenvalue weighted by molar-refractivity contribution is 0.102. The number of nitrogens with one attached hydrogen (secondary N) is 3. The zero-order valence-corrected chi connectivity index (χ0v) is 24.9. The van der Waals surface area contributed by atoms with Crippen LogP contribution < -0.4 is 19.7 Å². The van der Waals surface area contributed by atoms with Crippen molar-refractivity contribution in [3.8, 4) is 0 Å². The van der Waals surface area contributed by atoms with Gasteiger partial charge in [-0.3, -0.25) is 9.52 Å². The summed E-state index contributed by atoms with van der Waals surface area (Å²) in [6.07, 6.45) is 3.79. The number of hydrogen-bond donors (Lipinski definition) is 3. The number of carbonyl (C=O) groups is 1. The van der Waals surface area contributed by atoms with Crippen LogP contribution in [0.5, 0.6) is 0 Å². The van der Waals surface area contributed by atoms with Crippen molar-refractivity contribution < 1.29 is 30.4 Å². The van der Waals surface area contributed by atoms with E-state index in [1.165, 1.54) is 31.0 Å². The van der Waals surface area contributed by atoms with Gasteiger partial charge in [-0.05, 0) is 106 Å². The molecule has 6 rings (SSSR count). The van der Waals surface area contributed by atoms with Gasteiger partial charge in [-0.15, -0.1) is 0 Å². The fourth-order valence-electron chi connectivity index (χ4n) is 5.67. The number of sulfonamides is 2. The maximum Gasteiger partial charge on any atom is 0.269 e. The maximum atomic E-state index is 13.6. The summed E-state index contributed by atoms with van der Waals surface area (Å²) in [6.45, 7) is 3.21. The number of halogens is 2. The van der Waals surface area contributed by atoms with Crippen LogP contribution in [0.15, 0.2) is 59.0 Å². The zero-order chi connectivity index (χ0) is 29.9. The second-order valence-electron chi connectivity index (χ2n) is 12.3. The number of benzene rings is 2. The highest BCUT2D eigenvalue weighted by atomic mass is 32.2. The van der Waals surface area contributed by atoms with Gasteiger partial charge in [0.2, 0.25) is 20.0 Å². The molecule has 13 heteroatoms. The van der Waals surface area contributed by atoms with Crippen molar-refractivity contribution in [2.24, 2.45) is 5.41 Å². The topological polar surface area (TPSA) is 125 Å². The van der Waals surface area contributed by atoms with Crippen LogP contribution >= 0.6 is 0 Å². The SMILES string of the molecule is CC1(S(=O)(=O)Nc2ccc(C(=O)Nc3cccc(S(=O)(=O)NC4CC(=C(F)F)C4)c3)c(N3CCC4(CC3)CC4)c2)CC1. The van der Waals surface area contributed by atoms with Crippen molar-refractivity contribution in [1.29, 1.82) is 0 Å². The summed E-state index contributed by atoms with van der Waals surface area (Å²) in [5.74, 6) is -0.463. The van der Waals surface area contributed by atoms with Crippen molar-refractivity contribution in [2.75, 3.05) is 28.0 Å². The molecular weight excluding hydrogens is 586 g/mol. The number of anilines is 3. The summed E-state index contributed by atoms with van der Waals surface area (Å²) < 4.78 is 81.2. The second kappa shape index (κ2) is 10.3. The lowest BCUT2D eigenvalue weighted by Crippen LogP contribution is -2.40. The summed E-state index contributed by atoms with van der Waals surface area (Å²) in [7, 11) is -7.58. The van der Waals surface area contributed by atoms with Gasteiger partial charge in [-0.1, -0.05) is 6.07 Å². The van der Waals surface area contributed by atoms with Gasteiger partial charge in [0.25, 0.3) is 12.0 Å². The number of hydrogen-bond acceptors (Lipinski definition) is 6. The molecule has 4 fully saturated rings. The van der Waals surface area contributed by atoms with Gasteiger partial charge in [0, 0.05) is 24.8 Å². The molecule has 1 spiro atoms. The zero-order valence-electron chi connectivity index (χ0n) is 23.3. The molecule has 2 aromatic carbocycles. The first kappa shape index (κ1) is 29.1. The van der Waals surface area contributed by atoms with E-state index in [1.807, 2.05) is 0 Å². The van der Waals surface area contributed by atoms with Gasteiger partial charge in [-0.2, -0.15) is 8.78 Å². The van der Waals surface area contributed by atoms with Gasteiger partial charge in [0.05, 0.1) is 26.6 Å². The van der Waals surface area contributed by atoms with E-state index in [2.05, 4.69) is 19.7 Å². The maximum absolute atomic E-state index is 13.6. The highest BCUT2D eigenvalue weighted by Crippen LogP contribution is 2.54. The minimum absolute atomic E-state index is 0.0379. The molecule has 9 nitrogen and oxygen atoms in total. The van der Waals surface area contributed by atoms with Crippen molar-refractivity contribution in [1.82, 2.24) is 4.72 Å². The number of rotatable bonds is 9. The minimum Gasteiger partial charge on any atom is -0.371 e. The molecule has 0 radical (unpaired) electrons. The highest BCUT2D eigenvalue weighted by molar-refractivity contribution is 7.94. The molecule has 1 amide bonds. The Morgan fingerprint density at radius 3 is 2.21 bits per heavy atom. The molecule has 3 N–H and O–H groups in total.